The topological polar surface area (TPSA) is 34.6 Å². The average Bonchev–Trinajstić information content (AvgIpc) is 3.25. The van der Waals surface area contributed by atoms with Crippen LogP contribution in [0.5, 0.6) is 0 Å². The van der Waals surface area contributed by atoms with E-state index < -0.39 is 0 Å². The van der Waals surface area contributed by atoms with Crippen molar-refractivity contribution >= 4 is 21.8 Å². The molecule has 0 saturated carbocycles. The highest BCUT2D eigenvalue weighted by Crippen LogP contribution is 2.43. The van der Waals surface area contributed by atoms with Crippen LogP contribution in [-0.2, 0) is 13.5 Å². The number of aromatic nitrogens is 4. The zero-order chi connectivity index (χ0) is 18.8. The molecule has 0 bridgehead atoms. The van der Waals surface area contributed by atoms with Gasteiger partial charge in [-0.1, -0.05) is 24.3 Å². The van der Waals surface area contributed by atoms with Crippen LogP contribution in [-0.4, -0.2) is 14.5 Å². The predicted octanol–water partition coefficient (Wildman–Crippen LogP) is 4.28. The number of hydrogen-bond donors (Lipinski definition) is 0. The highest BCUT2D eigenvalue weighted by molar-refractivity contribution is 6.01. The first-order valence-electron chi connectivity index (χ1n) is 9.55. The zero-order valence-electron chi connectivity index (χ0n) is 15.8. The molecular weight excluding hydrogens is 344 g/mol. The van der Waals surface area contributed by atoms with Crippen LogP contribution in [0.4, 0.5) is 0 Å². The Morgan fingerprint density at radius 3 is 2.68 bits per heavy atom. The summed E-state index contributed by atoms with van der Waals surface area (Å²) in [6, 6.07) is 17.1. The summed E-state index contributed by atoms with van der Waals surface area (Å²) in [5.74, 6) is 1.09. The van der Waals surface area contributed by atoms with Crippen LogP contribution in [0.25, 0.3) is 38.8 Å². The quantitative estimate of drug-likeness (QED) is 0.409. The van der Waals surface area contributed by atoms with Gasteiger partial charge < -0.3 is 0 Å². The van der Waals surface area contributed by atoms with Crippen molar-refractivity contribution in [1.29, 1.82) is 0 Å². The Bertz CT molecular complexity index is 1410. The Hall–Kier alpha value is -3.53. The lowest BCUT2D eigenvalue weighted by Crippen LogP contribution is -2.30. The fourth-order valence-electron chi connectivity index (χ4n) is 4.72. The van der Waals surface area contributed by atoms with Crippen LogP contribution < -0.4 is 4.57 Å². The van der Waals surface area contributed by atoms with Gasteiger partial charge in [0.2, 0.25) is 5.69 Å². The number of rotatable bonds is 1. The SMILES string of the molecule is Cc1c(-c2cccc[n+]2C)c2c(c3ccccc13)-n1c(nc3ccncc31)C2. The minimum atomic E-state index is 0.833. The Balaban J connectivity index is 1.82. The molecule has 4 heteroatoms. The maximum atomic E-state index is 4.92. The Labute approximate surface area is 162 Å². The van der Waals surface area contributed by atoms with Gasteiger partial charge in [-0.3, -0.25) is 9.55 Å². The van der Waals surface area contributed by atoms with Gasteiger partial charge >= 0.3 is 0 Å². The molecule has 4 heterocycles. The smallest absolute Gasteiger partial charge is 0.212 e. The molecule has 0 amide bonds. The van der Waals surface area contributed by atoms with Gasteiger partial charge in [-0.05, 0) is 35.6 Å². The molecule has 0 spiro atoms. The molecule has 5 aromatic rings. The molecule has 0 unspecified atom stereocenters. The molecule has 1 aliphatic rings. The molecular formula is C24H19N4+. The van der Waals surface area contributed by atoms with E-state index >= 15 is 0 Å². The fraction of sp³-hybridized carbons (Fsp3) is 0.125. The van der Waals surface area contributed by atoms with Crippen LogP contribution in [0.15, 0.2) is 67.1 Å². The summed E-state index contributed by atoms with van der Waals surface area (Å²) in [7, 11) is 2.11. The summed E-state index contributed by atoms with van der Waals surface area (Å²) in [4.78, 5) is 9.28. The van der Waals surface area contributed by atoms with E-state index in [1.165, 1.54) is 38.8 Å². The molecule has 28 heavy (non-hydrogen) atoms. The first kappa shape index (κ1) is 15.5. The van der Waals surface area contributed by atoms with Crippen molar-refractivity contribution in [2.45, 2.75) is 13.3 Å². The maximum absolute atomic E-state index is 4.92. The second-order valence-corrected chi connectivity index (χ2v) is 7.47. The largest absolute Gasteiger partial charge is 0.294 e. The Morgan fingerprint density at radius 1 is 1.00 bits per heavy atom. The van der Waals surface area contributed by atoms with Gasteiger partial charge in [0.05, 0.1) is 28.5 Å². The number of benzene rings is 2. The second kappa shape index (κ2) is 5.49. The molecule has 3 aromatic heterocycles. The summed E-state index contributed by atoms with van der Waals surface area (Å²) < 4.78 is 4.52. The van der Waals surface area contributed by atoms with Gasteiger partial charge in [0.25, 0.3) is 0 Å². The highest BCUT2D eigenvalue weighted by Gasteiger charge is 2.31. The molecule has 134 valence electrons. The van der Waals surface area contributed by atoms with Crippen molar-refractivity contribution in [1.82, 2.24) is 14.5 Å². The molecule has 0 N–H and O–H groups in total. The first-order valence-corrected chi connectivity index (χ1v) is 9.55. The van der Waals surface area contributed by atoms with E-state index in [1.54, 1.807) is 0 Å². The van der Waals surface area contributed by atoms with Crippen LogP contribution in [0.3, 0.4) is 0 Å². The van der Waals surface area contributed by atoms with E-state index in [0.717, 1.165) is 23.3 Å². The summed E-state index contributed by atoms with van der Waals surface area (Å²) >= 11 is 0. The summed E-state index contributed by atoms with van der Waals surface area (Å²) in [6.45, 7) is 2.24. The van der Waals surface area contributed by atoms with Crippen LogP contribution >= 0.6 is 0 Å². The number of aryl methyl sites for hydroxylation is 2. The fourth-order valence-corrected chi connectivity index (χ4v) is 4.72. The zero-order valence-corrected chi connectivity index (χ0v) is 15.8. The lowest BCUT2D eigenvalue weighted by atomic mass is 9.90. The first-order chi connectivity index (χ1) is 13.7. The third-order valence-corrected chi connectivity index (χ3v) is 5.94. The molecule has 0 saturated heterocycles. The maximum Gasteiger partial charge on any atom is 0.212 e. The highest BCUT2D eigenvalue weighted by atomic mass is 15.1. The number of fused-ring (bicyclic) bond motifs is 7. The molecule has 0 atom stereocenters. The van der Waals surface area contributed by atoms with Crippen LogP contribution in [0, 0.1) is 6.92 Å². The molecule has 1 aliphatic heterocycles. The lowest BCUT2D eigenvalue weighted by Gasteiger charge is -2.16. The van der Waals surface area contributed by atoms with E-state index in [-0.39, 0.29) is 0 Å². The Morgan fingerprint density at radius 2 is 1.82 bits per heavy atom. The third kappa shape index (κ3) is 1.92. The van der Waals surface area contributed by atoms with E-state index in [1.807, 2.05) is 18.5 Å². The monoisotopic (exact) mass is 363 g/mol. The average molecular weight is 363 g/mol. The van der Waals surface area contributed by atoms with Gasteiger partial charge in [-0.15, -0.1) is 0 Å². The molecule has 6 rings (SSSR count). The second-order valence-electron chi connectivity index (χ2n) is 7.47. The third-order valence-electron chi connectivity index (χ3n) is 5.94. The molecule has 2 aromatic carbocycles. The van der Waals surface area contributed by atoms with Gasteiger partial charge in [0.15, 0.2) is 6.20 Å². The van der Waals surface area contributed by atoms with Gasteiger partial charge in [0.1, 0.15) is 12.9 Å². The van der Waals surface area contributed by atoms with Crippen molar-refractivity contribution in [2.24, 2.45) is 7.05 Å². The van der Waals surface area contributed by atoms with Gasteiger partial charge in [-0.2, -0.15) is 0 Å². The number of hydrogen-bond acceptors (Lipinski definition) is 2. The van der Waals surface area contributed by atoms with E-state index in [4.69, 9.17) is 4.98 Å². The number of nitrogens with zero attached hydrogens (tertiary/aromatic N) is 4. The normalized spacial score (nSPS) is 12.5. The summed E-state index contributed by atoms with van der Waals surface area (Å²) in [5.41, 5.74) is 8.57. The minimum absolute atomic E-state index is 0.833. The van der Waals surface area contributed by atoms with Crippen molar-refractivity contribution < 1.29 is 4.57 Å². The van der Waals surface area contributed by atoms with Crippen molar-refractivity contribution in [3.8, 4) is 16.9 Å². The van der Waals surface area contributed by atoms with Crippen LogP contribution in [0.2, 0.25) is 0 Å². The predicted molar refractivity (Wildman–Crippen MR) is 111 cm³/mol. The summed E-state index contributed by atoms with van der Waals surface area (Å²) in [6.07, 6.45) is 6.69. The van der Waals surface area contributed by atoms with E-state index in [9.17, 15) is 0 Å². The number of imidazole rings is 1. The van der Waals surface area contributed by atoms with Gasteiger partial charge in [-0.25, -0.2) is 9.55 Å². The lowest BCUT2D eigenvalue weighted by molar-refractivity contribution is -0.660. The van der Waals surface area contributed by atoms with E-state index in [0.29, 0.717) is 0 Å². The van der Waals surface area contributed by atoms with E-state index in [2.05, 4.69) is 76.8 Å². The standard InChI is InChI=1S/C24H19N4/c1-15-16-7-3-4-8-17(16)24-18(23(15)20-9-5-6-12-27(20)2)13-22-26-19-10-11-25-14-21(19)28(22)24/h3-12,14H,13H2,1-2H3/q+1. The van der Waals surface area contributed by atoms with Crippen LogP contribution in [0.1, 0.15) is 17.0 Å². The molecule has 0 fully saturated rings. The van der Waals surface area contributed by atoms with Crippen molar-refractivity contribution in [2.75, 3.05) is 0 Å². The van der Waals surface area contributed by atoms with Gasteiger partial charge in [0, 0.05) is 30.1 Å². The Kier molecular flexibility index (Phi) is 3.04. The number of pyridine rings is 2. The summed E-state index contributed by atoms with van der Waals surface area (Å²) in [5, 5.41) is 2.57. The molecule has 4 nitrogen and oxygen atoms in total. The molecule has 0 radical (unpaired) electrons. The van der Waals surface area contributed by atoms with Crippen molar-refractivity contribution in [3.63, 3.8) is 0 Å². The minimum Gasteiger partial charge on any atom is -0.294 e. The molecule has 0 aliphatic carbocycles. The van der Waals surface area contributed by atoms with Crippen molar-refractivity contribution in [3.05, 3.63) is 84.1 Å².